The maximum absolute atomic E-state index is 5.37. The van der Waals surface area contributed by atoms with Crippen LogP contribution in [0, 0.1) is 18.4 Å². The van der Waals surface area contributed by atoms with Crippen molar-refractivity contribution in [2.75, 3.05) is 0 Å². The molecular formula is C16H9. The Morgan fingerprint density at radius 1 is 0.875 bits per heavy atom. The van der Waals surface area contributed by atoms with Crippen LogP contribution in [0.15, 0.2) is 48.5 Å². The molecule has 3 aromatic carbocycles. The fraction of sp³-hybridized carbons (Fsp3) is 0. The van der Waals surface area contributed by atoms with E-state index in [0.29, 0.717) is 0 Å². The molecule has 3 aromatic rings. The molecule has 0 aliphatic rings. The first-order valence-electron chi connectivity index (χ1n) is 5.18. The molecular weight excluding hydrogens is 192 g/mol. The van der Waals surface area contributed by atoms with Gasteiger partial charge in [-0.15, -0.1) is 6.42 Å². The van der Waals surface area contributed by atoms with E-state index >= 15 is 0 Å². The number of terminal acetylenes is 1. The highest BCUT2D eigenvalue weighted by Crippen LogP contribution is 2.22. The van der Waals surface area contributed by atoms with Gasteiger partial charge in [-0.25, -0.2) is 0 Å². The average molecular weight is 201 g/mol. The van der Waals surface area contributed by atoms with Crippen molar-refractivity contribution in [3.8, 4) is 12.3 Å². The Balaban J connectivity index is 2.43. The number of benzene rings is 3. The average Bonchev–Trinajstić information content (AvgIpc) is 2.35. The van der Waals surface area contributed by atoms with Gasteiger partial charge in [0.2, 0.25) is 0 Å². The summed E-state index contributed by atoms with van der Waals surface area (Å²) in [4.78, 5) is 0. The normalized spacial score (nSPS) is 10.4. The second-order valence-electron chi connectivity index (χ2n) is 3.80. The molecule has 0 heterocycles. The predicted octanol–water partition coefficient (Wildman–Crippen LogP) is 3.77. The summed E-state index contributed by atoms with van der Waals surface area (Å²) >= 11 is 0. The Labute approximate surface area is 94.5 Å². The van der Waals surface area contributed by atoms with Crippen molar-refractivity contribution in [3.05, 3.63) is 60.2 Å². The third-order valence-electron chi connectivity index (χ3n) is 2.77. The number of fused-ring (bicyclic) bond motifs is 2. The summed E-state index contributed by atoms with van der Waals surface area (Å²) in [6.45, 7) is 0. The van der Waals surface area contributed by atoms with Crippen molar-refractivity contribution in [2.24, 2.45) is 0 Å². The molecule has 0 aliphatic heterocycles. The minimum Gasteiger partial charge on any atom is -0.115 e. The fourth-order valence-electron chi connectivity index (χ4n) is 1.95. The molecule has 0 aliphatic carbocycles. The Morgan fingerprint density at radius 3 is 2.38 bits per heavy atom. The second kappa shape index (κ2) is 3.40. The van der Waals surface area contributed by atoms with Crippen molar-refractivity contribution in [1.82, 2.24) is 0 Å². The molecule has 0 atom stereocenters. The molecule has 3 rings (SSSR count). The van der Waals surface area contributed by atoms with Crippen molar-refractivity contribution in [2.45, 2.75) is 0 Å². The Kier molecular flexibility index (Phi) is 1.91. The minimum absolute atomic E-state index is 0.808. The summed E-state index contributed by atoms with van der Waals surface area (Å²) < 4.78 is 0. The molecule has 73 valence electrons. The van der Waals surface area contributed by atoms with Gasteiger partial charge in [-0.2, -0.15) is 0 Å². The molecule has 0 heteroatoms. The number of rotatable bonds is 0. The largest absolute Gasteiger partial charge is 0.115 e. The van der Waals surface area contributed by atoms with Crippen LogP contribution in [0.1, 0.15) is 5.56 Å². The molecule has 0 N–H and O–H groups in total. The number of hydrogen-bond acceptors (Lipinski definition) is 0. The van der Waals surface area contributed by atoms with Crippen LogP contribution in [0.3, 0.4) is 0 Å². The molecule has 0 saturated carbocycles. The topological polar surface area (TPSA) is 0 Å². The van der Waals surface area contributed by atoms with Crippen LogP contribution < -0.4 is 0 Å². The monoisotopic (exact) mass is 201 g/mol. The van der Waals surface area contributed by atoms with E-state index in [2.05, 4.69) is 36.3 Å². The van der Waals surface area contributed by atoms with Crippen molar-refractivity contribution in [3.63, 3.8) is 0 Å². The van der Waals surface area contributed by atoms with Gasteiger partial charge in [0.05, 0.1) is 0 Å². The van der Waals surface area contributed by atoms with Crippen LogP contribution in [0.5, 0.6) is 0 Å². The lowest BCUT2D eigenvalue weighted by Gasteiger charge is -2.02. The van der Waals surface area contributed by atoms with Crippen molar-refractivity contribution in [1.29, 1.82) is 0 Å². The molecule has 0 nitrogen and oxygen atoms in total. The summed E-state index contributed by atoms with van der Waals surface area (Å²) in [5.74, 6) is 2.61. The van der Waals surface area contributed by atoms with Gasteiger partial charge < -0.3 is 0 Å². The summed E-state index contributed by atoms with van der Waals surface area (Å²) in [5.41, 5.74) is 0.808. The molecule has 0 saturated heterocycles. The molecule has 0 spiro atoms. The standard InChI is InChI=1S/C16H9/c1-2-12-7-8-15-10-13-5-3-4-6-14(13)11-16(15)9-12/h1,3-8,10-11H. The Bertz CT molecular complexity index is 715. The summed E-state index contributed by atoms with van der Waals surface area (Å²) in [6.07, 6.45) is 5.37. The van der Waals surface area contributed by atoms with Crippen LogP contribution in [0.2, 0.25) is 0 Å². The third-order valence-corrected chi connectivity index (χ3v) is 2.77. The zero-order chi connectivity index (χ0) is 11.0. The Hall–Kier alpha value is -2.26. The first kappa shape index (κ1) is 9.00. The van der Waals surface area contributed by atoms with E-state index in [1.807, 2.05) is 24.3 Å². The van der Waals surface area contributed by atoms with Crippen LogP contribution in [0.4, 0.5) is 0 Å². The van der Waals surface area contributed by atoms with E-state index in [0.717, 1.165) is 10.9 Å². The second-order valence-corrected chi connectivity index (χ2v) is 3.80. The fourth-order valence-corrected chi connectivity index (χ4v) is 1.95. The SMILES string of the molecule is C#Cc1[c]c2cc3ccccc3cc2cc1. The highest BCUT2D eigenvalue weighted by Gasteiger charge is 1.98. The van der Waals surface area contributed by atoms with Crippen LogP contribution >= 0.6 is 0 Å². The molecule has 1 radical (unpaired) electrons. The van der Waals surface area contributed by atoms with Crippen LogP contribution in [-0.4, -0.2) is 0 Å². The smallest absolute Gasteiger partial charge is 0.0328 e. The number of hydrogen-bond donors (Lipinski definition) is 0. The minimum atomic E-state index is 0.808. The van der Waals surface area contributed by atoms with Gasteiger partial charge in [0.25, 0.3) is 0 Å². The molecule has 0 aromatic heterocycles. The quantitative estimate of drug-likeness (QED) is 0.383. The van der Waals surface area contributed by atoms with Crippen molar-refractivity contribution >= 4 is 21.5 Å². The highest BCUT2D eigenvalue weighted by molar-refractivity contribution is 5.98. The van der Waals surface area contributed by atoms with Gasteiger partial charge in [0, 0.05) is 11.6 Å². The third kappa shape index (κ3) is 1.34. The van der Waals surface area contributed by atoms with Crippen molar-refractivity contribution < 1.29 is 0 Å². The molecule has 0 unspecified atom stereocenters. The molecule has 0 amide bonds. The van der Waals surface area contributed by atoms with E-state index in [1.165, 1.54) is 16.2 Å². The van der Waals surface area contributed by atoms with E-state index in [-0.39, 0.29) is 0 Å². The zero-order valence-corrected chi connectivity index (χ0v) is 8.70. The summed E-state index contributed by atoms with van der Waals surface area (Å²) in [7, 11) is 0. The van der Waals surface area contributed by atoms with E-state index < -0.39 is 0 Å². The molecule has 0 fully saturated rings. The molecule has 0 bridgehead atoms. The van der Waals surface area contributed by atoms with Crippen LogP contribution in [0.25, 0.3) is 21.5 Å². The van der Waals surface area contributed by atoms with Gasteiger partial charge in [0.1, 0.15) is 0 Å². The maximum atomic E-state index is 5.37. The van der Waals surface area contributed by atoms with Gasteiger partial charge in [0.15, 0.2) is 0 Å². The van der Waals surface area contributed by atoms with Gasteiger partial charge in [-0.1, -0.05) is 36.3 Å². The first-order chi connectivity index (χ1) is 7.86. The highest BCUT2D eigenvalue weighted by atomic mass is 14.0. The van der Waals surface area contributed by atoms with E-state index in [4.69, 9.17) is 6.42 Å². The van der Waals surface area contributed by atoms with E-state index in [9.17, 15) is 0 Å². The lowest BCUT2D eigenvalue weighted by atomic mass is 10.0. The van der Waals surface area contributed by atoms with Gasteiger partial charge >= 0.3 is 0 Å². The first-order valence-corrected chi connectivity index (χ1v) is 5.18. The lowest BCUT2D eigenvalue weighted by molar-refractivity contribution is 1.70. The Morgan fingerprint density at radius 2 is 1.62 bits per heavy atom. The van der Waals surface area contributed by atoms with Gasteiger partial charge in [-0.3, -0.25) is 0 Å². The lowest BCUT2D eigenvalue weighted by Crippen LogP contribution is -1.79. The molecule has 16 heavy (non-hydrogen) atoms. The summed E-state index contributed by atoms with van der Waals surface area (Å²) in [6, 6.07) is 19.8. The maximum Gasteiger partial charge on any atom is 0.0328 e. The van der Waals surface area contributed by atoms with Crippen LogP contribution in [-0.2, 0) is 0 Å². The van der Waals surface area contributed by atoms with E-state index in [1.54, 1.807) is 0 Å². The predicted molar refractivity (Wildman–Crippen MR) is 68.2 cm³/mol. The summed E-state index contributed by atoms with van der Waals surface area (Å²) in [5, 5.41) is 4.73. The van der Waals surface area contributed by atoms with Gasteiger partial charge in [-0.05, 0) is 39.7 Å². The zero-order valence-electron chi connectivity index (χ0n) is 8.70.